The zero-order valence-electron chi connectivity index (χ0n) is 11.1. The van der Waals surface area contributed by atoms with E-state index in [2.05, 4.69) is 4.90 Å². The molecule has 0 spiro atoms. The first-order valence-corrected chi connectivity index (χ1v) is 6.54. The minimum Gasteiger partial charge on any atom is -0.491 e. The number of rotatable bonds is 5. The fraction of sp³-hybridized carbons (Fsp3) is 0.571. The van der Waals surface area contributed by atoms with Crippen molar-refractivity contribution < 1.29 is 19.0 Å². The Morgan fingerprint density at radius 2 is 2.42 bits per heavy atom. The summed E-state index contributed by atoms with van der Waals surface area (Å²) in [6.45, 7) is 4.97. The molecule has 1 fully saturated rings. The van der Waals surface area contributed by atoms with Gasteiger partial charge in [-0.25, -0.2) is 4.39 Å². The highest BCUT2D eigenvalue weighted by Gasteiger charge is 2.21. The lowest BCUT2D eigenvalue weighted by Gasteiger charge is -2.33. The number of β-amino-alcohol motifs (C(OH)–C–C–N with tert-alkyl or cyclic N) is 1. The summed E-state index contributed by atoms with van der Waals surface area (Å²) in [5.41, 5.74) is 0. The third kappa shape index (κ3) is 4.78. The highest BCUT2D eigenvalue weighted by molar-refractivity contribution is 5.22. The van der Waals surface area contributed by atoms with Crippen LogP contribution in [0.15, 0.2) is 24.3 Å². The van der Waals surface area contributed by atoms with Gasteiger partial charge in [0.1, 0.15) is 24.3 Å². The fourth-order valence-electron chi connectivity index (χ4n) is 2.17. The summed E-state index contributed by atoms with van der Waals surface area (Å²) < 4.78 is 24.1. The van der Waals surface area contributed by atoms with Gasteiger partial charge in [-0.2, -0.15) is 0 Å². The Morgan fingerprint density at radius 1 is 1.58 bits per heavy atom. The molecule has 1 aromatic carbocycles. The molecule has 2 rings (SSSR count). The number of aliphatic hydroxyl groups is 1. The molecule has 0 radical (unpaired) electrons. The van der Waals surface area contributed by atoms with Gasteiger partial charge in [-0.05, 0) is 19.1 Å². The van der Waals surface area contributed by atoms with Crippen LogP contribution in [0.3, 0.4) is 0 Å². The SMILES string of the molecule is CC(O)CN1CCOC(COc2cccc(F)c2)C1. The van der Waals surface area contributed by atoms with Gasteiger partial charge < -0.3 is 14.6 Å². The van der Waals surface area contributed by atoms with E-state index in [4.69, 9.17) is 9.47 Å². The molecule has 0 amide bonds. The van der Waals surface area contributed by atoms with Crippen molar-refractivity contribution in [2.24, 2.45) is 0 Å². The van der Waals surface area contributed by atoms with Crippen molar-refractivity contribution in [3.05, 3.63) is 30.1 Å². The summed E-state index contributed by atoms with van der Waals surface area (Å²) in [6.07, 6.45) is -0.390. The molecule has 1 aliphatic heterocycles. The number of ether oxygens (including phenoxy) is 2. The highest BCUT2D eigenvalue weighted by atomic mass is 19.1. The summed E-state index contributed by atoms with van der Waals surface area (Å²) in [5.74, 6) is 0.203. The van der Waals surface area contributed by atoms with Crippen molar-refractivity contribution in [3.8, 4) is 5.75 Å². The molecular weight excluding hydrogens is 249 g/mol. The molecule has 0 aromatic heterocycles. The van der Waals surface area contributed by atoms with Crippen molar-refractivity contribution in [1.82, 2.24) is 4.90 Å². The maximum absolute atomic E-state index is 13.0. The summed E-state index contributed by atoms with van der Waals surface area (Å²) in [4.78, 5) is 2.15. The molecule has 0 saturated carbocycles. The number of nitrogens with zero attached hydrogens (tertiary/aromatic N) is 1. The normalized spacial score (nSPS) is 22.2. The second kappa shape index (κ2) is 6.84. The zero-order valence-corrected chi connectivity index (χ0v) is 11.1. The standard InChI is InChI=1S/C14H20FNO3/c1-11(17)8-16-5-6-18-14(9-16)10-19-13-4-2-3-12(15)7-13/h2-4,7,11,14,17H,5-6,8-10H2,1H3. The van der Waals surface area contributed by atoms with Crippen LogP contribution in [0.25, 0.3) is 0 Å². The van der Waals surface area contributed by atoms with Crippen LogP contribution in [0.1, 0.15) is 6.92 Å². The third-order valence-electron chi connectivity index (χ3n) is 2.98. The average molecular weight is 269 g/mol. The second-order valence-electron chi connectivity index (χ2n) is 4.87. The van der Waals surface area contributed by atoms with Crippen LogP contribution in [0.2, 0.25) is 0 Å². The Balaban J connectivity index is 1.79. The van der Waals surface area contributed by atoms with Crippen LogP contribution < -0.4 is 4.74 Å². The summed E-state index contributed by atoms with van der Waals surface area (Å²) >= 11 is 0. The maximum Gasteiger partial charge on any atom is 0.126 e. The van der Waals surface area contributed by atoms with E-state index < -0.39 is 0 Å². The predicted octanol–water partition coefficient (Wildman–Crippen LogP) is 1.29. The zero-order chi connectivity index (χ0) is 13.7. The van der Waals surface area contributed by atoms with Gasteiger partial charge in [0.25, 0.3) is 0 Å². The number of aliphatic hydroxyl groups excluding tert-OH is 1. The minimum atomic E-state index is -0.345. The third-order valence-corrected chi connectivity index (χ3v) is 2.98. The van der Waals surface area contributed by atoms with E-state index in [9.17, 15) is 9.50 Å². The van der Waals surface area contributed by atoms with Crippen molar-refractivity contribution in [1.29, 1.82) is 0 Å². The van der Waals surface area contributed by atoms with Gasteiger partial charge in [-0.3, -0.25) is 4.90 Å². The first-order chi connectivity index (χ1) is 9.13. The quantitative estimate of drug-likeness (QED) is 0.874. The second-order valence-corrected chi connectivity index (χ2v) is 4.87. The largest absolute Gasteiger partial charge is 0.491 e. The van der Waals surface area contributed by atoms with Gasteiger partial charge in [0, 0.05) is 25.7 Å². The Hall–Kier alpha value is -1.17. The lowest BCUT2D eigenvalue weighted by atomic mass is 10.2. The minimum absolute atomic E-state index is 0.0456. The molecule has 19 heavy (non-hydrogen) atoms. The first kappa shape index (κ1) is 14.2. The molecular formula is C14H20FNO3. The smallest absolute Gasteiger partial charge is 0.126 e. The number of hydrogen-bond acceptors (Lipinski definition) is 4. The van der Waals surface area contributed by atoms with Crippen LogP contribution in [-0.4, -0.2) is 55.1 Å². The number of halogens is 1. The van der Waals surface area contributed by atoms with Gasteiger partial charge in [0.2, 0.25) is 0 Å². The molecule has 2 unspecified atom stereocenters. The van der Waals surface area contributed by atoms with Crippen molar-refractivity contribution in [2.45, 2.75) is 19.1 Å². The average Bonchev–Trinajstić information content (AvgIpc) is 2.36. The van der Waals surface area contributed by atoms with Crippen LogP contribution in [0.4, 0.5) is 4.39 Å². The number of hydrogen-bond donors (Lipinski definition) is 1. The van der Waals surface area contributed by atoms with Crippen molar-refractivity contribution >= 4 is 0 Å². The van der Waals surface area contributed by atoms with E-state index >= 15 is 0 Å². The lowest BCUT2D eigenvalue weighted by Crippen LogP contribution is -2.47. The Bertz CT molecular complexity index is 400. The monoisotopic (exact) mass is 269 g/mol. The van der Waals surface area contributed by atoms with Crippen LogP contribution >= 0.6 is 0 Å². The predicted molar refractivity (Wildman–Crippen MR) is 69.8 cm³/mol. The molecule has 0 aliphatic carbocycles. The first-order valence-electron chi connectivity index (χ1n) is 6.54. The van der Waals surface area contributed by atoms with E-state index in [0.717, 1.165) is 13.1 Å². The molecule has 2 atom stereocenters. The topological polar surface area (TPSA) is 41.9 Å². The van der Waals surface area contributed by atoms with Gasteiger partial charge in [-0.1, -0.05) is 6.07 Å². The van der Waals surface area contributed by atoms with E-state index in [-0.39, 0.29) is 18.0 Å². The van der Waals surface area contributed by atoms with E-state index in [1.807, 2.05) is 0 Å². The summed E-state index contributed by atoms with van der Waals surface area (Å²) in [6, 6.07) is 6.08. The molecule has 106 valence electrons. The fourth-order valence-corrected chi connectivity index (χ4v) is 2.17. The van der Waals surface area contributed by atoms with Gasteiger partial charge in [0.15, 0.2) is 0 Å². The van der Waals surface area contributed by atoms with Crippen LogP contribution in [0.5, 0.6) is 5.75 Å². The maximum atomic E-state index is 13.0. The molecule has 0 bridgehead atoms. The molecule has 1 N–H and O–H groups in total. The van der Waals surface area contributed by atoms with E-state index in [1.54, 1.807) is 19.1 Å². The van der Waals surface area contributed by atoms with Crippen LogP contribution in [-0.2, 0) is 4.74 Å². The lowest BCUT2D eigenvalue weighted by molar-refractivity contribution is -0.0560. The molecule has 1 aliphatic rings. The van der Waals surface area contributed by atoms with E-state index in [0.29, 0.717) is 25.5 Å². The molecule has 1 saturated heterocycles. The van der Waals surface area contributed by atoms with Gasteiger partial charge >= 0.3 is 0 Å². The van der Waals surface area contributed by atoms with Crippen molar-refractivity contribution in [2.75, 3.05) is 32.8 Å². The van der Waals surface area contributed by atoms with Gasteiger partial charge in [-0.15, -0.1) is 0 Å². The summed E-state index contributed by atoms with van der Waals surface area (Å²) in [7, 11) is 0. The Kier molecular flexibility index (Phi) is 5.13. The number of morpholine rings is 1. The molecule has 4 nitrogen and oxygen atoms in total. The van der Waals surface area contributed by atoms with Crippen LogP contribution in [0, 0.1) is 5.82 Å². The Morgan fingerprint density at radius 3 is 3.16 bits per heavy atom. The van der Waals surface area contributed by atoms with E-state index in [1.165, 1.54) is 12.1 Å². The van der Waals surface area contributed by atoms with Crippen molar-refractivity contribution in [3.63, 3.8) is 0 Å². The number of benzene rings is 1. The Labute approximate surface area is 112 Å². The molecule has 1 heterocycles. The van der Waals surface area contributed by atoms with Gasteiger partial charge in [0.05, 0.1) is 12.7 Å². The highest BCUT2D eigenvalue weighted by Crippen LogP contribution is 2.14. The molecule has 1 aromatic rings. The molecule has 5 heteroatoms. The summed E-state index contributed by atoms with van der Waals surface area (Å²) in [5, 5.41) is 9.37.